The van der Waals surface area contributed by atoms with Crippen molar-refractivity contribution in [2.24, 2.45) is 5.10 Å². The van der Waals surface area contributed by atoms with E-state index in [1.54, 1.807) is 44.4 Å². The van der Waals surface area contributed by atoms with Crippen LogP contribution in [0, 0.1) is 0 Å². The van der Waals surface area contributed by atoms with Gasteiger partial charge in [0, 0.05) is 36.5 Å². The van der Waals surface area contributed by atoms with Crippen LogP contribution in [0.5, 0.6) is 5.75 Å². The summed E-state index contributed by atoms with van der Waals surface area (Å²) in [7, 11) is 1.57. The Labute approximate surface area is 163 Å². The van der Waals surface area contributed by atoms with E-state index in [0.717, 1.165) is 0 Å². The number of amides is 3. The molecule has 8 heteroatoms. The Balaban J connectivity index is 1.84. The third kappa shape index (κ3) is 6.59. The first-order chi connectivity index (χ1) is 13.4. The highest BCUT2D eigenvalue weighted by Gasteiger charge is 2.11. The SMILES string of the molecule is COc1ccc(NC(=O)CC(C)=NNC(=O)C2=C=CC(NC(C)=O)=CC2)cc1. The van der Waals surface area contributed by atoms with Gasteiger partial charge in [0.25, 0.3) is 5.91 Å². The number of carbonyl (C=O) groups is 3. The minimum atomic E-state index is -0.413. The van der Waals surface area contributed by atoms with E-state index in [1.807, 2.05) is 0 Å². The molecule has 2 rings (SSSR count). The number of anilines is 1. The quantitative estimate of drug-likeness (QED) is 0.381. The van der Waals surface area contributed by atoms with Crippen LogP contribution in [0.3, 0.4) is 0 Å². The Morgan fingerprint density at radius 1 is 1.14 bits per heavy atom. The number of nitrogens with one attached hydrogen (secondary N) is 3. The summed E-state index contributed by atoms with van der Waals surface area (Å²) in [6.07, 6.45) is 3.60. The number of benzene rings is 1. The lowest BCUT2D eigenvalue weighted by molar-refractivity contribution is -0.118. The van der Waals surface area contributed by atoms with Crippen molar-refractivity contribution in [1.82, 2.24) is 10.7 Å². The van der Waals surface area contributed by atoms with Crippen LogP contribution in [0.2, 0.25) is 0 Å². The number of ether oxygens (including phenoxy) is 1. The van der Waals surface area contributed by atoms with E-state index in [2.05, 4.69) is 26.9 Å². The van der Waals surface area contributed by atoms with E-state index in [4.69, 9.17) is 4.74 Å². The van der Waals surface area contributed by atoms with Gasteiger partial charge < -0.3 is 15.4 Å². The van der Waals surface area contributed by atoms with Crippen LogP contribution >= 0.6 is 0 Å². The van der Waals surface area contributed by atoms with E-state index < -0.39 is 5.91 Å². The van der Waals surface area contributed by atoms with Crippen molar-refractivity contribution in [2.45, 2.75) is 26.7 Å². The molecule has 0 bridgehead atoms. The molecule has 0 spiro atoms. The highest BCUT2D eigenvalue weighted by molar-refractivity contribution is 6.06. The van der Waals surface area contributed by atoms with Gasteiger partial charge in [0.1, 0.15) is 5.75 Å². The minimum Gasteiger partial charge on any atom is -0.497 e. The van der Waals surface area contributed by atoms with Crippen LogP contribution < -0.4 is 20.8 Å². The van der Waals surface area contributed by atoms with Crippen LogP contribution in [0.25, 0.3) is 0 Å². The summed E-state index contributed by atoms with van der Waals surface area (Å²) in [6, 6.07) is 6.95. The zero-order valence-corrected chi connectivity index (χ0v) is 16.0. The molecule has 8 nitrogen and oxygen atoms in total. The third-order valence-corrected chi connectivity index (χ3v) is 3.66. The Morgan fingerprint density at radius 2 is 1.86 bits per heavy atom. The van der Waals surface area contributed by atoms with Crippen LogP contribution in [0.1, 0.15) is 26.7 Å². The van der Waals surface area contributed by atoms with Crippen molar-refractivity contribution >= 4 is 29.1 Å². The summed E-state index contributed by atoms with van der Waals surface area (Å²) in [5.41, 5.74) is 7.30. The van der Waals surface area contributed by atoms with Gasteiger partial charge >= 0.3 is 0 Å². The number of hydrazone groups is 1. The molecule has 3 amide bonds. The Hall–Kier alpha value is -3.64. The van der Waals surface area contributed by atoms with Crippen LogP contribution in [-0.4, -0.2) is 30.5 Å². The highest BCUT2D eigenvalue weighted by Crippen LogP contribution is 2.15. The highest BCUT2D eigenvalue weighted by atomic mass is 16.5. The Kier molecular flexibility index (Phi) is 7.30. The van der Waals surface area contributed by atoms with E-state index >= 15 is 0 Å². The molecule has 0 aliphatic heterocycles. The zero-order valence-electron chi connectivity index (χ0n) is 16.0. The van der Waals surface area contributed by atoms with Gasteiger partial charge in [0.15, 0.2) is 0 Å². The molecule has 0 saturated carbocycles. The third-order valence-electron chi connectivity index (χ3n) is 3.66. The lowest BCUT2D eigenvalue weighted by Crippen LogP contribution is -2.24. The first-order valence-electron chi connectivity index (χ1n) is 8.58. The van der Waals surface area contributed by atoms with Gasteiger partial charge in [-0.05, 0) is 31.2 Å². The molecule has 0 aromatic heterocycles. The summed E-state index contributed by atoms with van der Waals surface area (Å²) in [4.78, 5) is 35.1. The molecule has 0 radical (unpaired) electrons. The molecule has 146 valence electrons. The van der Waals surface area contributed by atoms with Gasteiger partial charge in [-0.25, -0.2) is 5.43 Å². The second kappa shape index (κ2) is 9.89. The fourth-order valence-electron chi connectivity index (χ4n) is 2.31. The maximum atomic E-state index is 12.1. The summed E-state index contributed by atoms with van der Waals surface area (Å²) in [6.45, 7) is 3.05. The molecule has 1 aliphatic rings. The molecule has 0 unspecified atom stereocenters. The molecule has 0 atom stereocenters. The molecule has 28 heavy (non-hydrogen) atoms. The van der Waals surface area contributed by atoms with Crippen molar-refractivity contribution in [2.75, 3.05) is 12.4 Å². The predicted octanol–water partition coefficient (Wildman–Crippen LogP) is 2.02. The van der Waals surface area contributed by atoms with Gasteiger partial charge in [-0.3, -0.25) is 14.4 Å². The second-order valence-corrected chi connectivity index (χ2v) is 6.05. The molecule has 1 aromatic carbocycles. The van der Waals surface area contributed by atoms with Crippen LogP contribution in [0.15, 0.2) is 58.5 Å². The molecule has 1 aliphatic carbocycles. The summed E-state index contributed by atoms with van der Waals surface area (Å²) in [5, 5.41) is 9.31. The monoisotopic (exact) mass is 382 g/mol. The van der Waals surface area contributed by atoms with Crippen molar-refractivity contribution in [1.29, 1.82) is 0 Å². The van der Waals surface area contributed by atoms with Crippen LogP contribution in [0.4, 0.5) is 5.69 Å². The smallest absolute Gasteiger partial charge is 0.275 e. The number of methoxy groups -OCH3 is 1. The first kappa shape index (κ1) is 20.7. The number of rotatable bonds is 7. The fourth-order valence-corrected chi connectivity index (χ4v) is 2.31. The lowest BCUT2D eigenvalue weighted by Gasteiger charge is -2.09. The maximum Gasteiger partial charge on any atom is 0.275 e. The molecular weight excluding hydrogens is 360 g/mol. The lowest BCUT2D eigenvalue weighted by atomic mass is 10.1. The summed E-state index contributed by atoms with van der Waals surface area (Å²) >= 11 is 0. The summed E-state index contributed by atoms with van der Waals surface area (Å²) in [5.74, 6) is -0.154. The Morgan fingerprint density at radius 3 is 2.43 bits per heavy atom. The van der Waals surface area contributed by atoms with Gasteiger partial charge in [0.05, 0.1) is 19.1 Å². The molecule has 0 fully saturated rings. The topological polar surface area (TPSA) is 109 Å². The Bertz CT molecular complexity index is 891. The molecular formula is C20H22N4O4. The number of hydrogen-bond donors (Lipinski definition) is 3. The predicted molar refractivity (Wildman–Crippen MR) is 106 cm³/mol. The van der Waals surface area contributed by atoms with Gasteiger partial charge in [-0.15, -0.1) is 5.73 Å². The largest absolute Gasteiger partial charge is 0.497 e. The van der Waals surface area contributed by atoms with Crippen molar-refractivity contribution < 1.29 is 19.1 Å². The van der Waals surface area contributed by atoms with Crippen LogP contribution in [-0.2, 0) is 14.4 Å². The van der Waals surface area contributed by atoms with Crippen molar-refractivity contribution in [3.8, 4) is 5.75 Å². The average molecular weight is 382 g/mol. The average Bonchev–Trinajstić information content (AvgIpc) is 2.66. The number of allylic oxidation sites excluding steroid dienone is 2. The van der Waals surface area contributed by atoms with E-state index in [9.17, 15) is 14.4 Å². The normalized spacial score (nSPS) is 13.2. The minimum absolute atomic E-state index is 0.0355. The molecule has 1 aromatic rings. The summed E-state index contributed by atoms with van der Waals surface area (Å²) < 4.78 is 5.06. The zero-order chi connectivity index (χ0) is 20.5. The van der Waals surface area contributed by atoms with Gasteiger partial charge in [-0.1, -0.05) is 6.08 Å². The first-order valence-corrected chi connectivity index (χ1v) is 8.58. The van der Waals surface area contributed by atoms with Gasteiger partial charge in [-0.2, -0.15) is 5.10 Å². The second-order valence-electron chi connectivity index (χ2n) is 6.05. The number of nitrogens with zero attached hydrogens (tertiary/aromatic N) is 1. The van der Waals surface area contributed by atoms with E-state index in [0.29, 0.717) is 34.8 Å². The fraction of sp³-hybridized carbons (Fsp3) is 0.250. The van der Waals surface area contributed by atoms with Crippen molar-refractivity contribution in [3.05, 3.63) is 53.4 Å². The number of hydrogen-bond acceptors (Lipinski definition) is 5. The molecule has 0 heterocycles. The number of carbonyl (C=O) groups excluding carboxylic acids is 3. The van der Waals surface area contributed by atoms with E-state index in [-0.39, 0.29) is 18.2 Å². The van der Waals surface area contributed by atoms with E-state index in [1.165, 1.54) is 13.0 Å². The molecule has 0 saturated heterocycles. The molecule has 3 N–H and O–H groups in total. The van der Waals surface area contributed by atoms with Gasteiger partial charge in [0.2, 0.25) is 11.8 Å². The standard InChI is InChI=1S/C20H22N4O4/c1-13(12-19(26)22-17-8-10-18(28-3)11-9-17)23-24-20(27)15-4-6-16(7-5-15)21-14(2)25/h6-11H,4,12H2,1-3H3,(H,21,25)(H,22,26)(H,24,27). The van der Waals surface area contributed by atoms with Crippen molar-refractivity contribution in [3.63, 3.8) is 0 Å². The maximum absolute atomic E-state index is 12.1.